The Balaban J connectivity index is 1.66. The Morgan fingerprint density at radius 1 is 1.17 bits per heavy atom. The molecule has 0 N–H and O–H groups in total. The Labute approximate surface area is 140 Å². The molecule has 1 atom stereocenters. The quantitative estimate of drug-likeness (QED) is 0.680. The first kappa shape index (κ1) is 16.2. The third kappa shape index (κ3) is 3.48. The zero-order chi connectivity index (χ0) is 17.1. The van der Waals surface area contributed by atoms with Crippen molar-refractivity contribution in [1.82, 2.24) is 4.90 Å². The van der Waals surface area contributed by atoms with Crippen LogP contribution in [0.5, 0.6) is 0 Å². The van der Waals surface area contributed by atoms with Crippen molar-refractivity contribution in [2.75, 3.05) is 7.05 Å². The molecule has 1 aromatic heterocycles. The molecule has 1 amide bonds. The number of hydrogen-bond donors (Lipinski definition) is 0. The molecule has 3 nitrogen and oxygen atoms in total. The van der Waals surface area contributed by atoms with Gasteiger partial charge in [-0.1, -0.05) is 30.3 Å². The maximum Gasteiger partial charge on any atom is 0.223 e. The van der Waals surface area contributed by atoms with Gasteiger partial charge in [0.05, 0.1) is 6.04 Å². The molecule has 124 valence electrons. The number of rotatable bonds is 5. The average Bonchev–Trinajstić information content (AvgIpc) is 3.02. The third-order valence-corrected chi connectivity index (χ3v) is 4.35. The van der Waals surface area contributed by atoms with Crippen molar-refractivity contribution in [3.8, 4) is 0 Å². The standard InChI is InChI=1S/C20H20FNO2/c1-14(19-13-16-7-3-4-9-18(16)24-19)22(2)20(23)11-10-15-6-5-8-17(21)12-15/h3-9,12-14H,10-11H2,1-2H3/t14-/m1/s1. The fourth-order valence-corrected chi connectivity index (χ4v) is 2.74. The minimum absolute atomic E-state index is 0.00668. The van der Waals surface area contributed by atoms with Gasteiger partial charge < -0.3 is 9.32 Å². The molecular weight excluding hydrogens is 305 g/mol. The Morgan fingerprint density at radius 3 is 2.71 bits per heavy atom. The first-order valence-corrected chi connectivity index (χ1v) is 8.03. The molecule has 3 aromatic rings. The van der Waals surface area contributed by atoms with Gasteiger partial charge in [-0.2, -0.15) is 0 Å². The van der Waals surface area contributed by atoms with E-state index in [-0.39, 0.29) is 17.8 Å². The summed E-state index contributed by atoms with van der Waals surface area (Å²) < 4.78 is 19.0. The second kappa shape index (κ2) is 6.87. The molecule has 4 heteroatoms. The summed E-state index contributed by atoms with van der Waals surface area (Å²) in [5, 5.41) is 1.03. The summed E-state index contributed by atoms with van der Waals surface area (Å²) in [6.45, 7) is 1.94. The Bertz CT molecular complexity index is 822. The molecule has 0 spiro atoms. The molecule has 3 rings (SSSR count). The van der Waals surface area contributed by atoms with Crippen LogP contribution in [0.25, 0.3) is 11.0 Å². The van der Waals surface area contributed by atoms with Gasteiger partial charge in [0.25, 0.3) is 0 Å². The summed E-state index contributed by atoms with van der Waals surface area (Å²) >= 11 is 0. The van der Waals surface area contributed by atoms with Crippen LogP contribution in [0.3, 0.4) is 0 Å². The van der Waals surface area contributed by atoms with E-state index in [1.807, 2.05) is 43.3 Å². The smallest absolute Gasteiger partial charge is 0.223 e. The number of nitrogens with zero attached hydrogens (tertiary/aromatic N) is 1. The average molecular weight is 325 g/mol. The highest BCUT2D eigenvalue weighted by molar-refractivity contribution is 5.79. The van der Waals surface area contributed by atoms with E-state index in [1.54, 1.807) is 18.0 Å². The fourth-order valence-electron chi connectivity index (χ4n) is 2.74. The largest absolute Gasteiger partial charge is 0.459 e. The summed E-state index contributed by atoms with van der Waals surface area (Å²) in [5.41, 5.74) is 1.65. The van der Waals surface area contributed by atoms with Crippen molar-refractivity contribution >= 4 is 16.9 Å². The van der Waals surface area contributed by atoms with Crippen LogP contribution in [-0.4, -0.2) is 17.9 Å². The summed E-state index contributed by atoms with van der Waals surface area (Å²) in [5.74, 6) is 0.494. The highest BCUT2D eigenvalue weighted by atomic mass is 19.1. The summed E-state index contributed by atoms with van der Waals surface area (Å²) in [4.78, 5) is 14.1. The molecule has 0 bridgehead atoms. The van der Waals surface area contributed by atoms with Gasteiger partial charge in [0, 0.05) is 18.9 Å². The van der Waals surface area contributed by atoms with Crippen molar-refractivity contribution < 1.29 is 13.6 Å². The zero-order valence-electron chi connectivity index (χ0n) is 13.8. The molecule has 0 aliphatic carbocycles. The van der Waals surface area contributed by atoms with Crippen LogP contribution < -0.4 is 0 Å². The number of furan rings is 1. The SMILES string of the molecule is C[C@H](c1cc2ccccc2o1)N(C)C(=O)CCc1cccc(F)c1. The monoisotopic (exact) mass is 325 g/mol. The minimum atomic E-state index is -0.274. The summed E-state index contributed by atoms with van der Waals surface area (Å²) in [7, 11) is 1.77. The van der Waals surface area contributed by atoms with Gasteiger partial charge in [-0.25, -0.2) is 4.39 Å². The number of para-hydroxylation sites is 1. The van der Waals surface area contributed by atoms with Crippen LogP contribution in [0.1, 0.15) is 30.7 Å². The topological polar surface area (TPSA) is 33.5 Å². The number of carbonyl (C=O) groups is 1. The molecule has 0 saturated heterocycles. The lowest BCUT2D eigenvalue weighted by molar-refractivity contribution is -0.132. The predicted molar refractivity (Wildman–Crippen MR) is 92.1 cm³/mol. The van der Waals surface area contributed by atoms with Crippen LogP contribution in [-0.2, 0) is 11.2 Å². The summed E-state index contributed by atoms with van der Waals surface area (Å²) in [6.07, 6.45) is 0.859. The van der Waals surface area contributed by atoms with E-state index < -0.39 is 0 Å². The number of hydrogen-bond acceptors (Lipinski definition) is 2. The number of benzene rings is 2. The van der Waals surface area contributed by atoms with Crippen LogP contribution in [0.15, 0.2) is 59.0 Å². The first-order chi connectivity index (χ1) is 11.5. The van der Waals surface area contributed by atoms with E-state index in [2.05, 4.69) is 0 Å². The fraction of sp³-hybridized carbons (Fsp3) is 0.250. The van der Waals surface area contributed by atoms with Crippen molar-refractivity contribution in [2.24, 2.45) is 0 Å². The maximum atomic E-state index is 13.2. The van der Waals surface area contributed by atoms with Gasteiger partial charge in [0.1, 0.15) is 17.2 Å². The molecule has 0 unspecified atom stereocenters. The van der Waals surface area contributed by atoms with Crippen molar-refractivity contribution in [2.45, 2.75) is 25.8 Å². The van der Waals surface area contributed by atoms with Gasteiger partial charge >= 0.3 is 0 Å². The molecule has 0 aliphatic heterocycles. The molecule has 1 heterocycles. The zero-order valence-corrected chi connectivity index (χ0v) is 13.8. The molecule has 24 heavy (non-hydrogen) atoms. The number of fused-ring (bicyclic) bond motifs is 1. The van der Waals surface area contributed by atoms with Crippen LogP contribution in [0, 0.1) is 5.82 Å². The van der Waals surface area contributed by atoms with E-state index in [0.29, 0.717) is 12.8 Å². The minimum Gasteiger partial charge on any atom is -0.459 e. The first-order valence-electron chi connectivity index (χ1n) is 8.03. The van der Waals surface area contributed by atoms with E-state index in [0.717, 1.165) is 22.3 Å². The molecular formula is C20H20FNO2. The lowest BCUT2D eigenvalue weighted by atomic mass is 10.1. The van der Waals surface area contributed by atoms with Crippen molar-refractivity contribution in [3.63, 3.8) is 0 Å². The van der Waals surface area contributed by atoms with Crippen LogP contribution in [0.4, 0.5) is 4.39 Å². The van der Waals surface area contributed by atoms with Gasteiger partial charge in [-0.05, 0) is 43.2 Å². The molecule has 0 radical (unpaired) electrons. The van der Waals surface area contributed by atoms with Gasteiger partial charge in [-0.15, -0.1) is 0 Å². The van der Waals surface area contributed by atoms with Crippen molar-refractivity contribution in [3.05, 3.63) is 71.7 Å². The van der Waals surface area contributed by atoms with Gasteiger partial charge in [0.2, 0.25) is 5.91 Å². The predicted octanol–water partition coefficient (Wildman–Crippen LogP) is 4.72. The highest BCUT2D eigenvalue weighted by Crippen LogP contribution is 2.27. The normalized spacial score (nSPS) is 12.3. The lowest BCUT2D eigenvalue weighted by Crippen LogP contribution is -2.29. The van der Waals surface area contributed by atoms with Crippen LogP contribution >= 0.6 is 0 Å². The highest BCUT2D eigenvalue weighted by Gasteiger charge is 2.20. The number of halogens is 1. The number of carbonyl (C=O) groups excluding carboxylic acids is 1. The molecule has 0 aliphatic rings. The molecule has 0 fully saturated rings. The Kier molecular flexibility index (Phi) is 4.65. The second-order valence-corrected chi connectivity index (χ2v) is 6.00. The Morgan fingerprint density at radius 2 is 1.96 bits per heavy atom. The second-order valence-electron chi connectivity index (χ2n) is 6.00. The molecule has 0 saturated carbocycles. The van der Waals surface area contributed by atoms with E-state index in [4.69, 9.17) is 4.42 Å². The summed E-state index contributed by atoms with van der Waals surface area (Å²) in [6, 6.07) is 16.0. The van der Waals surface area contributed by atoms with Crippen molar-refractivity contribution in [1.29, 1.82) is 0 Å². The van der Waals surface area contributed by atoms with E-state index in [9.17, 15) is 9.18 Å². The Hall–Kier alpha value is -2.62. The number of aryl methyl sites for hydroxylation is 1. The van der Waals surface area contributed by atoms with Gasteiger partial charge in [0.15, 0.2) is 0 Å². The molecule has 2 aromatic carbocycles. The van der Waals surface area contributed by atoms with Gasteiger partial charge in [-0.3, -0.25) is 4.79 Å². The van der Waals surface area contributed by atoms with Crippen LogP contribution in [0.2, 0.25) is 0 Å². The number of amides is 1. The third-order valence-electron chi connectivity index (χ3n) is 4.35. The van der Waals surface area contributed by atoms with E-state index >= 15 is 0 Å². The maximum absolute atomic E-state index is 13.2. The van der Waals surface area contributed by atoms with E-state index in [1.165, 1.54) is 12.1 Å². The lowest BCUT2D eigenvalue weighted by Gasteiger charge is -2.23.